The van der Waals surface area contributed by atoms with Crippen molar-refractivity contribution < 1.29 is 69.0 Å². The molecule has 0 aromatic carbocycles. The molecule has 354 valence electrons. The van der Waals surface area contributed by atoms with Gasteiger partial charge in [-0.3, -0.25) is 23.6 Å². The molecule has 0 spiro atoms. The van der Waals surface area contributed by atoms with Crippen LogP contribution in [0.2, 0.25) is 0 Å². The number of nitrogens with zero attached hydrogens (tertiary/aromatic N) is 8. The van der Waals surface area contributed by atoms with Crippen LogP contribution in [0.3, 0.4) is 0 Å². The summed E-state index contributed by atoms with van der Waals surface area (Å²) in [5, 5.41) is 65.4. The lowest BCUT2D eigenvalue weighted by Gasteiger charge is -2.29. The molecule has 2 saturated heterocycles. The Hall–Kier alpha value is -6.57. The number of ether oxygens (including phenoxy) is 5. The van der Waals surface area contributed by atoms with Crippen molar-refractivity contribution in [2.24, 2.45) is 23.7 Å². The molecule has 6 heterocycles. The highest BCUT2D eigenvalue weighted by Gasteiger charge is 2.63. The molecule has 0 unspecified atom stereocenters. The van der Waals surface area contributed by atoms with Crippen molar-refractivity contribution in [2.45, 2.75) is 103 Å². The SMILES string of the molecule is CC(C)C(=O)O.CC(C)C(=O)OC[C@H]1O[C@@](C#N)(c2ccc3c(N)ncnn23)[C@H](OC(=O)C(C)C)[C@@H]1OC(=O)C(C)C.N#C[C@@]1(c2ccc3c(N)ncnn23)O[C@H](CO)[C@@H](O)[C@H]1O.[2H]CF. The fourth-order valence-corrected chi connectivity index (χ4v) is 6.23. The Morgan fingerprint density at radius 1 is 0.800 bits per heavy atom. The molecule has 8 N–H and O–H groups in total. The molecule has 2 fully saturated rings. The topological polar surface area (TPSA) is 355 Å². The maximum Gasteiger partial charge on any atom is 0.308 e. The van der Waals surface area contributed by atoms with Gasteiger partial charge in [0.15, 0.2) is 23.8 Å². The van der Waals surface area contributed by atoms with Crippen molar-refractivity contribution in [3.63, 3.8) is 0 Å². The van der Waals surface area contributed by atoms with Crippen LogP contribution in [0.15, 0.2) is 36.9 Å². The zero-order valence-electron chi connectivity index (χ0n) is 37.9. The first-order chi connectivity index (χ1) is 31.0. The van der Waals surface area contributed by atoms with E-state index in [0.29, 0.717) is 11.0 Å². The van der Waals surface area contributed by atoms with E-state index >= 15 is 0 Å². The van der Waals surface area contributed by atoms with Crippen molar-refractivity contribution in [2.75, 3.05) is 31.8 Å². The van der Waals surface area contributed by atoms with Gasteiger partial charge in [-0.2, -0.15) is 20.7 Å². The summed E-state index contributed by atoms with van der Waals surface area (Å²) in [6.07, 6.45) is -5.36. The number of carboxylic acid groups (broad SMARTS) is 1. The molecule has 6 rings (SSSR count). The van der Waals surface area contributed by atoms with Gasteiger partial charge in [-0.25, -0.2) is 19.0 Å². The fraction of sp³-hybridized carbons (Fsp3) is 0.561. The van der Waals surface area contributed by atoms with Crippen molar-refractivity contribution >= 4 is 46.5 Å². The molecular formula is C41H55FN10O13. The number of fused-ring (bicyclic) bond motifs is 2. The van der Waals surface area contributed by atoms with Gasteiger partial charge >= 0.3 is 23.9 Å². The Kier molecular flexibility index (Phi) is 17.6. The largest absolute Gasteiger partial charge is 0.481 e. The number of carboxylic acids is 1. The van der Waals surface area contributed by atoms with Gasteiger partial charge in [-0.15, -0.1) is 0 Å². The van der Waals surface area contributed by atoms with Gasteiger partial charge in [0.25, 0.3) is 0 Å². The van der Waals surface area contributed by atoms with E-state index in [1.54, 1.807) is 73.6 Å². The van der Waals surface area contributed by atoms with E-state index in [2.05, 4.69) is 26.2 Å². The summed E-state index contributed by atoms with van der Waals surface area (Å²) in [6.45, 7) is 12.3. The van der Waals surface area contributed by atoms with Gasteiger partial charge in [-0.1, -0.05) is 55.4 Å². The molecule has 2 aliphatic heterocycles. The number of aliphatic hydroxyl groups excluding tert-OH is 3. The van der Waals surface area contributed by atoms with Crippen LogP contribution in [0, 0.1) is 46.3 Å². The average Bonchev–Trinajstić information content (AvgIpc) is 4.04. The third-order valence-corrected chi connectivity index (χ3v) is 9.89. The summed E-state index contributed by atoms with van der Waals surface area (Å²) in [5.41, 5.74) is 9.08. The highest BCUT2D eigenvalue weighted by atomic mass is 19.1. The summed E-state index contributed by atoms with van der Waals surface area (Å²) in [4.78, 5) is 55.1. The Bertz CT molecular complexity index is 2400. The number of hydrogen-bond acceptors (Lipinski definition) is 20. The van der Waals surface area contributed by atoms with Crippen LogP contribution in [0.4, 0.5) is 16.0 Å². The standard InChI is InChI=1S/C24H31N5O7.C12H13N5O4.C4H8O2.CH3F/c1-12(2)21(30)33-9-16-18(34-22(31)13(3)4)19(35-23(32)14(5)6)24(10-25,36-16)17-8-7-15-20(26)27-11-28-29(15)17;13-4-12(10(20)9(19)7(3-18)21-12)8-2-1-6-11(14)15-5-16-17(6)8;1-3(2)4(5)6;1-2/h7-8,11-14,16,18-19H,9H2,1-6H3,(H2,26,27,28);1-2,5,7,9-10,18-20H,3H2,(H2,14,15,16);3H,1-2H3,(H,5,6);1H3/t16-,18-,19-,24+;7-,9-,10-,12+;;/m11../s1/i;;;1D. The van der Waals surface area contributed by atoms with Crippen LogP contribution in [0.5, 0.6) is 0 Å². The van der Waals surface area contributed by atoms with Gasteiger partial charge in [0.2, 0.25) is 11.2 Å². The molecule has 0 bridgehead atoms. The van der Waals surface area contributed by atoms with Gasteiger partial charge < -0.3 is 55.6 Å². The van der Waals surface area contributed by atoms with Crippen LogP contribution >= 0.6 is 0 Å². The van der Waals surface area contributed by atoms with E-state index < -0.39 is 103 Å². The number of nitrogens with two attached hydrogens (primary N) is 2. The first-order valence-corrected chi connectivity index (χ1v) is 20.0. The maximum atomic E-state index is 12.8. The van der Waals surface area contributed by atoms with E-state index in [9.17, 15) is 49.4 Å². The lowest BCUT2D eigenvalue weighted by atomic mass is 9.91. The molecule has 24 heteroatoms. The summed E-state index contributed by atoms with van der Waals surface area (Å²) >= 11 is 0. The monoisotopic (exact) mass is 915 g/mol. The predicted molar refractivity (Wildman–Crippen MR) is 223 cm³/mol. The minimum atomic E-state index is -1.98. The summed E-state index contributed by atoms with van der Waals surface area (Å²) < 4.78 is 46.6. The second kappa shape index (κ2) is 22.4. The van der Waals surface area contributed by atoms with Gasteiger partial charge in [0.1, 0.15) is 66.8 Å². The summed E-state index contributed by atoms with van der Waals surface area (Å²) in [5.74, 6) is -3.86. The van der Waals surface area contributed by atoms with Crippen LogP contribution in [0.25, 0.3) is 11.0 Å². The zero-order chi connectivity index (χ0) is 49.8. The molecular weight excluding hydrogens is 860 g/mol. The Labute approximate surface area is 374 Å². The molecule has 4 aromatic heterocycles. The third kappa shape index (κ3) is 11.0. The number of aromatic nitrogens is 6. The van der Waals surface area contributed by atoms with E-state index in [-0.39, 0.29) is 35.5 Å². The van der Waals surface area contributed by atoms with Gasteiger partial charge in [0.05, 0.1) is 50.2 Å². The number of carbonyl (C=O) groups excluding carboxylic acids is 3. The van der Waals surface area contributed by atoms with Crippen LogP contribution in [-0.2, 0) is 54.1 Å². The molecule has 0 aliphatic carbocycles. The van der Waals surface area contributed by atoms with E-state index in [4.69, 9.17) is 41.6 Å². The van der Waals surface area contributed by atoms with Crippen molar-refractivity contribution in [3.8, 4) is 12.1 Å². The lowest BCUT2D eigenvalue weighted by Crippen LogP contribution is -2.47. The molecule has 65 heavy (non-hydrogen) atoms. The van der Waals surface area contributed by atoms with Crippen molar-refractivity contribution in [1.82, 2.24) is 29.2 Å². The predicted octanol–water partition coefficient (Wildman–Crippen LogP) is 1.22. The molecule has 23 nitrogen and oxygen atoms in total. The number of carbonyl (C=O) groups is 4. The number of aliphatic carboxylic acids is 1. The number of anilines is 2. The van der Waals surface area contributed by atoms with Gasteiger partial charge in [-0.05, 0) is 24.3 Å². The van der Waals surface area contributed by atoms with E-state index in [1.807, 2.05) is 6.07 Å². The number of nitrogen functional groups attached to an aromatic ring is 2. The minimum Gasteiger partial charge on any atom is -0.481 e. The number of esters is 3. The fourth-order valence-electron chi connectivity index (χ4n) is 6.23. The Morgan fingerprint density at radius 2 is 1.23 bits per heavy atom. The van der Waals surface area contributed by atoms with Crippen molar-refractivity contribution in [1.29, 1.82) is 10.5 Å². The Morgan fingerprint density at radius 3 is 1.63 bits per heavy atom. The quantitative estimate of drug-likeness (QED) is 0.0909. The number of alkyl halides is 1. The maximum absolute atomic E-state index is 12.8. The highest BCUT2D eigenvalue weighted by molar-refractivity contribution is 5.74. The summed E-state index contributed by atoms with van der Waals surface area (Å²) in [7, 11) is -1.00. The number of aliphatic hydroxyl groups is 3. The molecule has 8 atom stereocenters. The molecule has 0 saturated carbocycles. The smallest absolute Gasteiger partial charge is 0.308 e. The first-order valence-electron chi connectivity index (χ1n) is 20.7. The number of halogens is 1. The molecule has 0 amide bonds. The first kappa shape index (κ1) is 51.1. The number of rotatable bonds is 11. The summed E-state index contributed by atoms with van der Waals surface area (Å²) in [6, 6.07) is 10.2. The minimum absolute atomic E-state index is 0.156. The van der Waals surface area contributed by atoms with Crippen LogP contribution in [0.1, 0.15) is 68.1 Å². The third-order valence-electron chi connectivity index (χ3n) is 9.89. The Balaban J connectivity index is 0.000000322. The van der Waals surface area contributed by atoms with Crippen LogP contribution in [-0.4, -0.2) is 130 Å². The highest BCUT2D eigenvalue weighted by Crippen LogP contribution is 2.44. The zero-order valence-corrected chi connectivity index (χ0v) is 36.9. The van der Waals surface area contributed by atoms with E-state index in [1.165, 1.54) is 27.8 Å². The molecule has 4 aromatic rings. The molecule has 0 radical (unpaired) electrons. The average molecular weight is 916 g/mol. The number of hydrogen-bond donors (Lipinski definition) is 6. The number of nitriles is 2. The van der Waals surface area contributed by atoms with Crippen LogP contribution < -0.4 is 11.5 Å². The van der Waals surface area contributed by atoms with Crippen molar-refractivity contribution in [3.05, 3.63) is 48.3 Å². The second-order valence-electron chi connectivity index (χ2n) is 15.8. The lowest BCUT2D eigenvalue weighted by molar-refractivity contribution is -0.174. The second-order valence-corrected chi connectivity index (χ2v) is 15.8. The van der Waals surface area contributed by atoms with Gasteiger partial charge in [0, 0.05) is 0 Å². The van der Waals surface area contributed by atoms with E-state index in [0.717, 1.165) is 0 Å². The normalized spacial score (nSPS) is 24.7. The molecule has 2 aliphatic rings.